The Labute approximate surface area is 127 Å². The largest absolute Gasteiger partial charge is 0.494 e. The monoisotopic (exact) mass is 337 g/mol. The molecule has 0 amide bonds. The maximum atomic E-state index is 13.8. The second-order valence-corrected chi connectivity index (χ2v) is 5.41. The van der Waals surface area contributed by atoms with Crippen molar-refractivity contribution in [1.29, 1.82) is 0 Å². The lowest BCUT2D eigenvalue weighted by atomic mass is 10.1. The molecule has 1 unspecified atom stereocenters. The summed E-state index contributed by atoms with van der Waals surface area (Å²) in [4.78, 5) is 0. The molecule has 0 bridgehead atoms. The summed E-state index contributed by atoms with van der Waals surface area (Å²) in [5.41, 5.74) is 1.53. The first-order valence-electron chi connectivity index (χ1n) is 6.54. The molecule has 0 aliphatic rings. The number of halogens is 2. The molecular weight excluding hydrogens is 321 g/mol. The van der Waals surface area contributed by atoms with Crippen molar-refractivity contribution in [1.82, 2.24) is 0 Å². The van der Waals surface area contributed by atoms with Crippen molar-refractivity contribution >= 4 is 21.6 Å². The minimum Gasteiger partial charge on any atom is -0.494 e. The van der Waals surface area contributed by atoms with Crippen LogP contribution < -0.4 is 10.1 Å². The highest BCUT2D eigenvalue weighted by molar-refractivity contribution is 9.10. The van der Waals surface area contributed by atoms with Crippen molar-refractivity contribution < 1.29 is 9.13 Å². The predicted molar refractivity (Wildman–Crippen MR) is 83.7 cm³/mol. The van der Waals surface area contributed by atoms with Crippen LogP contribution in [0.3, 0.4) is 0 Å². The van der Waals surface area contributed by atoms with E-state index in [2.05, 4.69) is 21.2 Å². The lowest BCUT2D eigenvalue weighted by Gasteiger charge is -2.17. The second-order valence-electron chi connectivity index (χ2n) is 4.49. The Morgan fingerprint density at radius 2 is 2.05 bits per heavy atom. The molecule has 2 rings (SSSR count). The topological polar surface area (TPSA) is 21.3 Å². The van der Waals surface area contributed by atoms with Crippen LogP contribution >= 0.6 is 15.9 Å². The van der Waals surface area contributed by atoms with Gasteiger partial charge in [0.1, 0.15) is 11.6 Å². The molecule has 1 atom stereocenters. The van der Waals surface area contributed by atoms with Crippen molar-refractivity contribution in [2.45, 2.75) is 19.9 Å². The van der Waals surface area contributed by atoms with E-state index in [0.29, 0.717) is 12.2 Å². The fourth-order valence-electron chi connectivity index (χ4n) is 2.02. The van der Waals surface area contributed by atoms with E-state index in [-0.39, 0.29) is 11.9 Å². The third-order valence-electron chi connectivity index (χ3n) is 2.95. The molecule has 0 aliphatic heterocycles. The SMILES string of the molecule is CCOc1cccc(NC(C)c2cc(Br)ccc2F)c1. The van der Waals surface area contributed by atoms with Gasteiger partial charge in [-0.25, -0.2) is 4.39 Å². The summed E-state index contributed by atoms with van der Waals surface area (Å²) in [6, 6.07) is 12.5. The first kappa shape index (κ1) is 14.9. The van der Waals surface area contributed by atoms with Crippen LogP contribution in [0, 0.1) is 5.82 Å². The number of hydrogen-bond donors (Lipinski definition) is 1. The molecule has 0 aliphatic carbocycles. The fraction of sp³-hybridized carbons (Fsp3) is 0.250. The summed E-state index contributed by atoms with van der Waals surface area (Å²) < 4.78 is 20.2. The molecule has 4 heteroatoms. The molecule has 1 N–H and O–H groups in total. The molecule has 2 aromatic carbocycles. The maximum absolute atomic E-state index is 13.8. The molecule has 0 spiro atoms. The van der Waals surface area contributed by atoms with E-state index >= 15 is 0 Å². The number of hydrogen-bond acceptors (Lipinski definition) is 2. The summed E-state index contributed by atoms with van der Waals surface area (Å²) in [5, 5.41) is 3.28. The van der Waals surface area contributed by atoms with Gasteiger partial charge in [0.2, 0.25) is 0 Å². The van der Waals surface area contributed by atoms with E-state index in [9.17, 15) is 4.39 Å². The van der Waals surface area contributed by atoms with Gasteiger partial charge in [-0.3, -0.25) is 0 Å². The van der Waals surface area contributed by atoms with E-state index < -0.39 is 0 Å². The van der Waals surface area contributed by atoms with Crippen LogP contribution in [-0.2, 0) is 0 Å². The molecule has 2 nitrogen and oxygen atoms in total. The molecule has 0 heterocycles. The molecule has 0 aromatic heterocycles. The van der Waals surface area contributed by atoms with Gasteiger partial charge in [0, 0.05) is 21.8 Å². The Kier molecular flexibility index (Phi) is 5.01. The van der Waals surface area contributed by atoms with Gasteiger partial charge < -0.3 is 10.1 Å². The summed E-state index contributed by atoms with van der Waals surface area (Å²) in [5.74, 6) is 0.591. The van der Waals surface area contributed by atoms with E-state index in [1.165, 1.54) is 6.07 Å². The first-order valence-corrected chi connectivity index (χ1v) is 7.33. The molecule has 2 aromatic rings. The van der Waals surface area contributed by atoms with Crippen LogP contribution in [-0.4, -0.2) is 6.61 Å². The Morgan fingerprint density at radius 3 is 2.80 bits per heavy atom. The number of anilines is 1. The van der Waals surface area contributed by atoms with Crippen LogP contribution in [0.15, 0.2) is 46.9 Å². The first-order chi connectivity index (χ1) is 9.60. The van der Waals surface area contributed by atoms with Crippen LogP contribution in [0.5, 0.6) is 5.75 Å². The van der Waals surface area contributed by atoms with E-state index in [4.69, 9.17) is 4.74 Å². The zero-order valence-corrected chi connectivity index (χ0v) is 13.1. The number of nitrogens with one attached hydrogen (secondary N) is 1. The number of rotatable bonds is 5. The third-order valence-corrected chi connectivity index (χ3v) is 3.45. The smallest absolute Gasteiger partial charge is 0.128 e. The molecule has 0 saturated carbocycles. The molecule has 0 saturated heterocycles. The Morgan fingerprint density at radius 1 is 1.25 bits per heavy atom. The van der Waals surface area contributed by atoms with Crippen molar-refractivity contribution in [3.8, 4) is 5.75 Å². The summed E-state index contributed by atoms with van der Waals surface area (Å²) in [6.07, 6.45) is 0. The van der Waals surface area contributed by atoms with Crippen LogP contribution in [0.2, 0.25) is 0 Å². The van der Waals surface area contributed by atoms with Gasteiger partial charge in [0.25, 0.3) is 0 Å². The predicted octanol–water partition coefficient (Wildman–Crippen LogP) is 5.16. The van der Waals surface area contributed by atoms with Crippen molar-refractivity contribution in [2.24, 2.45) is 0 Å². The number of ether oxygens (including phenoxy) is 1. The van der Waals surface area contributed by atoms with Gasteiger partial charge in [-0.15, -0.1) is 0 Å². The molecular formula is C16H17BrFNO. The van der Waals surface area contributed by atoms with Crippen molar-refractivity contribution in [3.63, 3.8) is 0 Å². The standard InChI is InChI=1S/C16H17BrFNO/c1-3-20-14-6-4-5-13(10-14)19-11(2)15-9-12(17)7-8-16(15)18/h4-11,19H,3H2,1-2H3. The lowest BCUT2D eigenvalue weighted by molar-refractivity contribution is 0.340. The minimum absolute atomic E-state index is 0.135. The molecule has 20 heavy (non-hydrogen) atoms. The Bertz CT molecular complexity index is 588. The second kappa shape index (κ2) is 6.75. The van der Waals surface area contributed by atoms with Crippen LogP contribution in [0.4, 0.5) is 10.1 Å². The van der Waals surface area contributed by atoms with Gasteiger partial charge in [-0.05, 0) is 44.2 Å². The van der Waals surface area contributed by atoms with E-state index in [0.717, 1.165) is 15.9 Å². The molecule has 0 fully saturated rings. The van der Waals surface area contributed by atoms with Gasteiger partial charge in [-0.1, -0.05) is 22.0 Å². The highest BCUT2D eigenvalue weighted by atomic mass is 79.9. The Balaban J connectivity index is 2.16. The average Bonchev–Trinajstić information content (AvgIpc) is 2.42. The zero-order valence-electron chi connectivity index (χ0n) is 11.5. The fourth-order valence-corrected chi connectivity index (χ4v) is 2.40. The van der Waals surface area contributed by atoms with Gasteiger partial charge in [0.15, 0.2) is 0 Å². The minimum atomic E-state index is -0.214. The van der Waals surface area contributed by atoms with Crippen LogP contribution in [0.25, 0.3) is 0 Å². The van der Waals surface area contributed by atoms with Crippen molar-refractivity contribution in [2.75, 3.05) is 11.9 Å². The number of benzene rings is 2. The normalized spacial score (nSPS) is 12.0. The van der Waals surface area contributed by atoms with Crippen molar-refractivity contribution in [3.05, 3.63) is 58.3 Å². The lowest BCUT2D eigenvalue weighted by Crippen LogP contribution is -2.08. The van der Waals surface area contributed by atoms with E-state index in [1.807, 2.05) is 38.1 Å². The quantitative estimate of drug-likeness (QED) is 0.813. The molecule has 106 valence electrons. The Hall–Kier alpha value is -1.55. The zero-order chi connectivity index (χ0) is 14.5. The maximum Gasteiger partial charge on any atom is 0.128 e. The summed E-state index contributed by atoms with van der Waals surface area (Å²) in [6.45, 7) is 4.50. The highest BCUT2D eigenvalue weighted by Gasteiger charge is 2.11. The molecule has 0 radical (unpaired) electrons. The van der Waals surface area contributed by atoms with Crippen LogP contribution in [0.1, 0.15) is 25.5 Å². The highest BCUT2D eigenvalue weighted by Crippen LogP contribution is 2.26. The summed E-state index contributed by atoms with van der Waals surface area (Å²) >= 11 is 3.37. The summed E-state index contributed by atoms with van der Waals surface area (Å²) in [7, 11) is 0. The van der Waals surface area contributed by atoms with Gasteiger partial charge in [0.05, 0.1) is 12.6 Å². The average molecular weight is 338 g/mol. The van der Waals surface area contributed by atoms with Gasteiger partial charge in [-0.2, -0.15) is 0 Å². The third kappa shape index (κ3) is 3.73. The van der Waals surface area contributed by atoms with E-state index in [1.54, 1.807) is 12.1 Å². The van der Waals surface area contributed by atoms with Gasteiger partial charge >= 0.3 is 0 Å².